The van der Waals surface area contributed by atoms with Crippen LogP contribution in [0, 0.1) is 5.92 Å². The van der Waals surface area contributed by atoms with Crippen molar-refractivity contribution in [2.24, 2.45) is 11.7 Å². The molecule has 0 saturated carbocycles. The number of carboxylic acid groups (broad SMARTS) is 1. The Bertz CT molecular complexity index is 374. The lowest BCUT2D eigenvalue weighted by Crippen LogP contribution is -2.58. The summed E-state index contributed by atoms with van der Waals surface area (Å²) in [4.78, 5) is 22.9. The van der Waals surface area contributed by atoms with Crippen LogP contribution in [-0.4, -0.2) is 41.8 Å². The Morgan fingerprint density at radius 1 is 1.33 bits per heavy atom. The standard InChI is InChI=1S/C12H18N2O4/c13-12(3-5-18-6-4-12)11(17)14-9-2-1-8(7-9)10(15)16/h1-2,8-9H,3-7,13H2,(H,14,17)(H,15,16). The topological polar surface area (TPSA) is 102 Å². The second-order valence-electron chi connectivity index (χ2n) is 4.91. The first-order valence-electron chi connectivity index (χ1n) is 6.10. The number of nitrogens with one attached hydrogen (secondary N) is 1. The molecule has 4 N–H and O–H groups in total. The van der Waals surface area contributed by atoms with E-state index in [2.05, 4.69) is 5.32 Å². The van der Waals surface area contributed by atoms with E-state index >= 15 is 0 Å². The van der Waals surface area contributed by atoms with E-state index in [-0.39, 0.29) is 11.9 Å². The molecule has 2 rings (SSSR count). The summed E-state index contributed by atoms with van der Waals surface area (Å²) in [6.07, 6.45) is 4.72. The number of ether oxygens (including phenoxy) is 1. The molecular formula is C12H18N2O4. The van der Waals surface area contributed by atoms with Gasteiger partial charge in [-0.3, -0.25) is 9.59 Å². The Balaban J connectivity index is 1.89. The summed E-state index contributed by atoms with van der Waals surface area (Å²) in [5, 5.41) is 11.7. The van der Waals surface area contributed by atoms with Crippen molar-refractivity contribution in [3.8, 4) is 0 Å². The van der Waals surface area contributed by atoms with Crippen LogP contribution in [0.15, 0.2) is 12.2 Å². The van der Waals surface area contributed by atoms with Crippen molar-refractivity contribution in [2.45, 2.75) is 30.8 Å². The monoisotopic (exact) mass is 254 g/mol. The van der Waals surface area contributed by atoms with Crippen molar-refractivity contribution in [1.29, 1.82) is 0 Å². The van der Waals surface area contributed by atoms with Crippen LogP contribution in [0.5, 0.6) is 0 Å². The van der Waals surface area contributed by atoms with Crippen molar-refractivity contribution in [2.75, 3.05) is 13.2 Å². The fourth-order valence-electron chi connectivity index (χ4n) is 2.26. The zero-order chi connectivity index (χ0) is 13.2. The van der Waals surface area contributed by atoms with Crippen LogP contribution in [0.3, 0.4) is 0 Å². The molecule has 0 aromatic carbocycles. The van der Waals surface area contributed by atoms with Gasteiger partial charge in [0.25, 0.3) is 0 Å². The number of amides is 1. The van der Waals surface area contributed by atoms with Gasteiger partial charge < -0.3 is 20.9 Å². The van der Waals surface area contributed by atoms with E-state index in [9.17, 15) is 9.59 Å². The highest BCUT2D eigenvalue weighted by Crippen LogP contribution is 2.21. The predicted molar refractivity (Wildman–Crippen MR) is 63.8 cm³/mol. The van der Waals surface area contributed by atoms with E-state index in [1.807, 2.05) is 0 Å². The van der Waals surface area contributed by atoms with Crippen molar-refractivity contribution in [1.82, 2.24) is 5.32 Å². The number of hydrogen-bond donors (Lipinski definition) is 3. The highest BCUT2D eigenvalue weighted by Gasteiger charge is 2.37. The minimum absolute atomic E-state index is 0.216. The van der Waals surface area contributed by atoms with Crippen LogP contribution in [0.25, 0.3) is 0 Å². The zero-order valence-electron chi connectivity index (χ0n) is 10.1. The van der Waals surface area contributed by atoms with Gasteiger partial charge in [-0.15, -0.1) is 0 Å². The fourth-order valence-corrected chi connectivity index (χ4v) is 2.26. The molecule has 6 nitrogen and oxygen atoms in total. The first kappa shape index (κ1) is 13.0. The third-order valence-corrected chi connectivity index (χ3v) is 3.55. The largest absolute Gasteiger partial charge is 0.481 e. The van der Waals surface area contributed by atoms with Crippen molar-refractivity contribution in [3.63, 3.8) is 0 Å². The third-order valence-electron chi connectivity index (χ3n) is 3.55. The summed E-state index contributed by atoms with van der Waals surface area (Å²) in [6, 6.07) is -0.234. The lowest BCUT2D eigenvalue weighted by Gasteiger charge is -2.32. The summed E-state index contributed by atoms with van der Waals surface area (Å²) >= 11 is 0. The second kappa shape index (κ2) is 5.07. The Morgan fingerprint density at radius 3 is 2.56 bits per heavy atom. The van der Waals surface area contributed by atoms with Crippen LogP contribution in [-0.2, 0) is 14.3 Å². The first-order chi connectivity index (χ1) is 8.51. The molecule has 2 unspecified atom stereocenters. The smallest absolute Gasteiger partial charge is 0.310 e. The van der Waals surface area contributed by atoms with Gasteiger partial charge in [0.05, 0.1) is 11.5 Å². The Morgan fingerprint density at radius 2 is 2.00 bits per heavy atom. The Labute approximate surface area is 105 Å². The predicted octanol–water partition coefficient (Wildman–Crippen LogP) is -0.360. The number of hydrogen-bond acceptors (Lipinski definition) is 4. The number of nitrogens with two attached hydrogens (primary N) is 1. The maximum absolute atomic E-state index is 12.1. The van der Waals surface area contributed by atoms with Gasteiger partial charge in [0.1, 0.15) is 0 Å². The molecule has 6 heteroatoms. The quantitative estimate of drug-likeness (QED) is 0.597. The zero-order valence-corrected chi connectivity index (χ0v) is 10.1. The molecule has 0 aromatic heterocycles. The molecule has 0 bridgehead atoms. The van der Waals surface area contributed by atoms with E-state index in [1.54, 1.807) is 12.2 Å². The van der Waals surface area contributed by atoms with Crippen LogP contribution in [0.2, 0.25) is 0 Å². The minimum Gasteiger partial charge on any atom is -0.481 e. The summed E-state index contributed by atoms with van der Waals surface area (Å²) in [5.41, 5.74) is 5.16. The van der Waals surface area contributed by atoms with Crippen molar-refractivity contribution < 1.29 is 19.4 Å². The van der Waals surface area contributed by atoms with Crippen LogP contribution < -0.4 is 11.1 Å². The number of carbonyl (C=O) groups is 2. The van der Waals surface area contributed by atoms with Crippen LogP contribution in [0.4, 0.5) is 0 Å². The van der Waals surface area contributed by atoms with E-state index in [0.717, 1.165) is 0 Å². The lowest BCUT2D eigenvalue weighted by molar-refractivity contribution is -0.140. The second-order valence-corrected chi connectivity index (χ2v) is 4.91. The number of aliphatic carboxylic acids is 1. The van der Waals surface area contributed by atoms with Gasteiger partial charge in [-0.05, 0) is 19.3 Å². The molecule has 18 heavy (non-hydrogen) atoms. The SMILES string of the molecule is NC1(C(=O)NC2C=CC(C(=O)O)C2)CCOCC1. The average Bonchev–Trinajstić information content (AvgIpc) is 2.78. The van der Waals surface area contributed by atoms with Gasteiger partial charge in [-0.1, -0.05) is 12.2 Å². The molecule has 0 aromatic rings. The molecule has 0 radical (unpaired) electrons. The van der Waals surface area contributed by atoms with E-state index in [0.29, 0.717) is 32.5 Å². The molecular weight excluding hydrogens is 236 g/mol. The summed E-state index contributed by atoms with van der Waals surface area (Å²) < 4.78 is 5.18. The minimum atomic E-state index is -0.882. The highest BCUT2D eigenvalue weighted by molar-refractivity contribution is 5.86. The Hall–Kier alpha value is -1.40. The molecule has 1 aliphatic heterocycles. The molecule has 1 aliphatic carbocycles. The molecule has 1 fully saturated rings. The Kier molecular flexibility index (Phi) is 3.68. The normalized spacial score (nSPS) is 30.1. The molecule has 2 aliphatic rings. The van der Waals surface area contributed by atoms with Gasteiger partial charge in [0.15, 0.2) is 0 Å². The van der Waals surface area contributed by atoms with Crippen LogP contribution in [0.1, 0.15) is 19.3 Å². The van der Waals surface area contributed by atoms with Gasteiger partial charge >= 0.3 is 5.97 Å². The van der Waals surface area contributed by atoms with Gasteiger partial charge in [-0.2, -0.15) is 0 Å². The molecule has 0 spiro atoms. The number of carboxylic acids is 1. The fraction of sp³-hybridized carbons (Fsp3) is 0.667. The number of carbonyl (C=O) groups excluding carboxylic acids is 1. The molecule has 100 valence electrons. The first-order valence-corrected chi connectivity index (χ1v) is 6.10. The highest BCUT2D eigenvalue weighted by atomic mass is 16.5. The van der Waals surface area contributed by atoms with E-state index in [4.69, 9.17) is 15.6 Å². The molecule has 1 heterocycles. The molecule has 1 saturated heterocycles. The molecule has 1 amide bonds. The maximum Gasteiger partial charge on any atom is 0.310 e. The van der Waals surface area contributed by atoms with Gasteiger partial charge in [0, 0.05) is 19.3 Å². The van der Waals surface area contributed by atoms with Crippen molar-refractivity contribution in [3.05, 3.63) is 12.2 Å². The van der Waals surface area contributed by atoms with Gasteiger partial charge in [-0.25, -0.2) is 0 Å². The van der Waals surface area contributed by atoms with Gasteiger partial charge in [0.2, 0.25) is 5.91 Å². The average molecular weight is 254 g/mol. The van der Waals surface area contributed by atoms with Crippen molar-refractivity contribution >= 4 is 11.9 Å². The van der Waals surface area contributed by atoms with Crippen LogP contribution >= 0.6 is 0 Å². The molecule has 2 atom stereocenters. The summed E-state index contributed by atoms with van der Waals surface area (Å²) in [6.45, 7) is 0.977. The third kappa shape index (κ3) is 2.70. The van der Waals surface area contributed by atoms with E-state index in [1.165, 1.54) is 0 Å². The summed E-state index contributed by atoms with van der Waals surface area (Å²) in [5.74, 6) is -1.60. The number of rotatable bonds is 3. The summed E-state index contributed by atoms with van der Waals surface area (Å²) in [7, 11) is 0. The maximum atomic E-state index is 12.1. The van der Waals surface area contributed by atoms with E-state index < -0.39 is 17.4 Å². The lowest BCUT2D eigenvalue weighted by atomic mass is 9.90.